The van der Waals surface area contributed by atoms with E-state index >= 15 is 0 Å². The van der Waals surface area contributed by atoms with Crippen LogP contribution in [0.1, 0.15) is 103 Å². The molecular weight excluding hydrogens is 312 g/mol. The smallest absolute Gasteiger partial charge is 0.303 e. The molecule has 1 N–H and O–H groups in total. The third-order valence-electron chi connectivity index (χ3n) is 4.32. The molecular formula is C18H35O4S-. The molecule has 0 aliphatic heterocycles. The maximum Gasteiger partial charge on any atom is 0.303 e. The van der Waals surface area contributed by atoms with Crippen molar-refractivity contribution in [3.8, 4) is 0 Å². The van der Waals surface area contributed by atoms with Crippen molar-refractivity contribution in [3.63, 3.8) is 0 Å². The predicted octanol–water partition coefficient (Wildman–Crippen LogP) is 5.19. The topological polar surface area (TPSA) is 77.4 Å². The highest BCUT2D eigenvalue weighted by Crippen LogP contribution is 2.17. The SMILES string of the molecule is CCCCCCCCCC(CCCCCCCC(=O)O)S(=O)[O-]. The van der Waals surface area contributed by atoms with Crippen LogP contribution in [0.3, 0.4) is 0 Å². The van der Waals surface area contributed by atoms with E-state index in [9.17, 15) is 13.6 Å². The fourth-order valence-corrected chi connectivity index (χ4v) is 3.56. The van der Waals surface area contributed by atoms with Gasteiger partial charge in [-0.3, -0.25) is 9.00 Å². The van der Waals surface area contributed by atoms with Crippen molar-refractivity contribution in [2.75, 3.05) is 0 Å². The van der Waals surface area contributed by atoms with Crippen LogP contribution in [0, 0.1) is 0 Å². The molecule has 4 nitrogen and oxygen atoms in total. The first kappa shape index (κ1) is 22.6. The number of hydrogen-bond acceptors (Lipinski definition) is 3. The van der Waals surface area contributed by atoms with Gasteiger partial charge in [0.15, 0.2) is 0 Å². The van der Waals surface area contributed by atoms with Crippen LogP contribution in [-0.4, -0.2) is 25.1 Å². The molecule has 0 saturated carbocycles. The first-order chi connectivity index (χ1) is 11.1. The maximum absolute atomic E-state index is 11.3. The van der Waals surface area contributed by atoms with Crippen molar-refractivity contribution >= 4 is 17.0 Å². The van der Waals surface area contributed by atoms with E-state index in [0.717, 1.165) is 57.8 Å². The molecule has 2 atom stereocenters. The monoisotopic (exact) mass is 347 g/mol. The van der Waals surface area contributed by atoms with Gasteiger partial charge >= 0.3 is 5.97 Å². The van der Waals surface area contributed by atoms with Gasteiger partial charge in [-0.1, -0.05) is 88.6 Å². The number of rotatable bonds is 17. The summed E-state index contributed by atoms with van der Waals surface area (Å²) in [6.07, 6.45) is 14.9. The van der Waals surface area contributed by atoms with Crippen molar-refractivity contribution in [2.45, 2.75) is 108 Å². The van der Waals surface area contributed by atoms with Crippen molar-refractivity contribution in [1.82, 2.24) is 0 Å². The van der Waals surface area contributed by atoms with Gasteiger partial charge in [0.2, 0.25) is 0 Å². The molecule has 0 rings (SSSR count). The van der Waals surface area contributed by atoms with E-state index in [4.69, 9.17) is 5.11 Å². The fourth-order valence-electron chi connectivity index (χ4n) is 2.84. The molecule has 0 spiro atoms. The highest BCUT2D eigenvalue weighted by atomic mass is 32.2. The number of carboxylic acids is 1. The first-order valence-corrected chi connectivity index (χ1v) is 10.5. The number of unbranched alkanes of at least 4 members (excludes halogenated alkanes) is 10. The van der Waals surface area contributed by atoms with Gasteiger partial charge in [-0.25, -0.2) is 0 Å². The highest BCUT2D eigenvalue weighted by molar-refractivity contribution is 7.79. The zero-order chi connectivity index (χ0) is 17.3. The zero-order valence-electron chi connectivity index (χ0n) is 14.8. The molecule has 2 unspecified atom stereocenters. The van der Waals surface area contributed by atoms with Crippen LogP contribution >= 0.6 is 0 Å². The number of aliphatic carboxylic acids is 1. The van der Waals surface area contributed by atoms with Gasteiger partial charge in [0.25, 0.3) is 0 Å². The van der Waals surface area contributed by atoms with Gasteiger partial charge in [-0.2, -0.15) is 0 Å². The Kier molecular flexibility index (Phi) is 16.1. The zero-order valence-corrected chi connectivity index (χ0v) is 15.6. The number of hydrogen-bond donors (Lipinski definition) is 1. The summed E-state index contributed by atoms with van der Waals surface area (Å²) < 4.78 is 22.6. The molecule has 23 heavy (non-hydrogen) atoms. The minimum absolute atomic E-state index is 0.190. The summed E-state index contributed by atoms with van der Waals surface area (Å²) in [5, 5.41) is 8.35. The molecule has 138 valence electrons. The molecule has 0 amide bonds. The van der Waals surface area contributed by atoms with E-state index < -0.39 is 17.0 Å². The highest BCUT2D eigenvalue weighted by Gasteiger charge is 2.09. The van der Waals surface area contributed by atoms with Crippen molar-refractivity contribution < 1.29 is 18.7 Å². The molecule has 0 aliphatic carbocycles. The Bertz CT molecular complexity index is 307. The standard InChI is InChI=1S/C18H36O4S/c1-2-3-4-5-6-8-11-14-17(23(21)22)15-12-9-7-10-13-16-18(19)20/h17H,2-16H2,1H3,(H,19,20)(H,21,22)/p-1. The van der Waals surface area contributed by atoms with Gasteiger partial charge in [-0.15, -0.1) is 0 Å². The van der Waals surface area contributed by atoms with Gasteiger partial charge in [0, 0.05) is 11.7 Å². The van der Waals surface area contributed by atoms with Crippen LogP contribution in [0.15, 0.2) is 0 Å². The lowest BCUT2D eigenvalue weighted by Gasteiger charge is -2.19. The van der Waals surface area contributed by atoms with E-state index in [2.05, 4.69) is 6.92 Å². The third-order valence-corrected chi connectivity index (χ3v) is 5.33. The van der Waals surface area contributed by atoms with Crippen LogP contribution in [0.4, 0.5) is 0 Å². The normalized spacial score (nSPS) is 13.8. The fraction of sp³-hybridized carbons (Fsp3) is 0.944. The minimum Gasteiger partial charge on any atom is -0.772 e. The minimum atomic E-state index is -1.96. The average molecular weight is 348 g/mol. The second kappa shape index (κ2) is 16.4. The van der Waals surface area contributed by atoms with Gasteiger partial charge in [0.05, 0.1) is 0 Å². The summed E-state index contributed by atoms with van der Waals surface area (Å²) in [4.78, 5) is 10.4. The summed E-state index contributed by atoms with van der Waals surface area (Å²) in [7, 11) is 0. The van der Waals surface area contributed by atoms with Crippen LogP contribution in [0.2, 0.25) is 0 Å². The molecule has 0 fully saturated rings. The summed E-state index contributed by atoms with van der Waals surface area (Å²) in [5.41, 5.74) is 0. The van der Waals surface area contributed by atoms with Crippen LogP contribution in [0.25, 0.3) is 0 Å². The molecule has 0 aromatic carbocycles. The lowest BCUT2D eigenvalue weighted by Crippen LogP contribution is -2.14. The summed E-state index contributed by atoms with van der Waals surface area (Å²) >= 11 is -1.96. The van der Waals surface area contributed by atoms with E-state index in [-0.39, 0.29) is 11.7 Å². The van der Waals surface area contributed by atoms with Crippen molar-refractivity contribution in [3.05, 3.63) is 0 Å². The van der Waals surface area contributed by atoms with Gasteiger partial charge in [-0.05, 0) is 19.3 Å². The molecule has 0 saturated heterocycles. The predicted molar refractivity (Wildman–Crippen MR) is 95.3 cm³/mol. The molecule has 0 bridgehead atoms. The average Bonchev–Trinajstić information content (AvgIpc) is 2.50. The van der Waals surface area contributed by atoms with E-state index in [0.29, 0.717) is 0 Å². The summed E-state index contributed by atoms with van der Waals surface area (Å²) in [5.74, 6) is -0.735. The third kappa shape index (κ3) is 16.2. The lowest BCUT2D eigenvalue weighted by atomic mass is 10.0. The second-order valence-electron chi connectivity index (χ2n) is 6.49. The molecule has 0 aliphatic rings. The van der Waals surface area contributed by atoms with Crippen molar-refractivity contribution in [1.29, 1.82) is 0 Å². The number of carboxylic acid groups (broad SMARTS) is 1. The molecule has 0 radical (unpaired) electrons. The Morgan fingerprint density at radius 1 is 0.870 bits per heavy atom. The Hall–Kier alpha value is -0.420. The van der Waals surface area contributed by atoms with Crippen LogP contribution < -0.4 is 0 Å². The Balaban J connectivity index is 3.55. The van der Waals surface area contributed by atoms with Crippen LogP contribution in [-0.2, 0) is 15.9 Å². The second-order valence-corrected chi connectivity index (χ2v) is 7.68. The quantitative estimate of drug-likeness (QED) is 0.290. The Morgan fingerprint density at radius 3 is 1.74 bits per heavy atom. The van der Waals surface area contributed by atoms with Gasteiger partial charge in [0.1, 0.15) is 0 Å². The molecule has 0 aromatic rings. The van der Waals surface area contributed by atoms with Crippen molar-refractivity contribution in [2.24, 2.45) is 0 Å². The lowest BCUT2D eigenvalue weighted by molar-refractivity contribution is -0.137. The maximum atomic E-state index is 11.3. The Labute approximate surface area is 144 Å². The van der Waals surface area contributed by atoms with Gasteiger partial charge < -0.3 is 9.66 Å². The number of carbonyl (C=O) groups is 1. The van der Waals surface area contributed by atoms with Crippen LogP contribution in [0.5, 0.6) is 0 Å². The summed E-state index contributed by atoms with van der Waals surface area (Å²) in [6.45, 7) is 2.21. The Morgan fingerprint density at radius 2 is 1.30 bits per heavy atom. The molecule has 5 heteroatoms. The first-order valence-electron chi connectivity index (χ1n) is 9.37. The summed E-state index contributed by atoms with van der Waals surface area (Å²) in [6, 6.07) is 0. The molecule has 0 aromatic heterocycles. The van der Waals surface area contributed by atoms with E-state index in [1.807, 2.05) is 0 Å². The molecule has 0 heterocycles. The largest absolute Gasteiger partial charge is 0.772 e. The van der Waals surface area contributed by atoms with E-state index in [1.54, 1.807) is 0 Å². The van der Waals surface area contributed by atoms with E-state index in [1.165, 1.54) is 32.1 Å².